The molecule has 3 unspecified atom stereocenters. The van der Waals surface area contributed by atoms with Crippen LogP contribution in [0.5, 0.6) is 0 Å². The summed E-state index contributed by atoms with van der Waals surface area (Å²) in [5.41, 5.74) is 2.07. The highest BCUT2D eigenvalue weighted by molar-refractivity contribution is 6.31. The van der Waals surface area contributed by atoms with Gasteiger partial charge in [0.2, 0.25) is 0 Å². The van der Waals surface area contributed by atoms with Gasteiger partial charge in [-0.25, -0.2) is 0 Å². The standard InChI is InChI=1S/C15H26ClN3/c1-5-19-14(15(16)12(4)18-19)9-17-13-8-6-7-10(2)11(13)3/h10-11,13,17H,5-9H2,1-4H3. The predicted octanol–water partition coefficient (Wildman–Crippen LogP) is 3.78. The summed E-state index contributed by atoms with van der Waals surface area (Å²) in [6.07, 6.45) is 3.98. The molecule has 1 N–H and O–H groups in total. The van der Waals surface area contributed by atoms with Crippen LogP contribution in [0.15, 0.2) is 0 Å². The maximum Gasteiger partial charge on any atom is 0.0860 e. The highest BCUT2D eigenvalue weighted by Crippen LogP contribution is 2.30. The van der Waals surface area contributed by atoms with Crippen LogP contribution in [0.2, 0.25) is 5.02 Å². The normalized spacial score (nSPS) is 27.7. The quantitative estimate of drug-likeness (QED) is 0.911. The summed E-state index contributed by atoms with van der Waals surface area (Å²) in [4.78, 5) is 0. The molecule has 0 amide bonds. The first-order valence-corrected chi connectivity index (χ1v) is 7.87. The number of aromatic nitrogens is 2. The molecule has 0 bridgehead atoms. The molecule has 2 rings (SSSR count). The molecule has 1 fully saturated rings. The van der Waals surface area contributed by atoms with Crippen LogP contribution in [0.4, 0.5) is 0 Å². The molecule has 1 aromatic heterocycles. The Hall–Kier alpha value is -0.540. The molecule has 3 atom stereocenters. The first kappa shape index (κ1) is 14.9. The molecule has 0 aliphatic heterocycles. The van der Waals surface area contributed by atoms with Crippen LogP contribution < -0.4 is 5.32 Å². The highest BCUT2D eigenvalue weighted by Gasteiger charge is 2.27. The molecule has 4 heteroatoms. The summed E-state index contributed by atoms with van der Waals surface area (Å²) >= 11 is 6.35. The van der Waals surface area contributed by atoms with Crippen LogP contribution in [0, 0.1) is 18.8 Å². The summed E-state index contributed by atoms with van der Waals surface area (Å²) in [6.45, 7) is 10.5. The first-order valence-electron chi connectivity index (χ1n) is 7.49. The smallest absolute Gasteiger partial charge is 0.0860 e. The predicted molar refractivity (Wildman–Crippen MR) is 80.5 cm³/mol. The van der Waals surface area contributed by atoms with E-state index in [1.165, 1.54) is 19.3 Å². The minimum atomic E-state index is 0.611. The van der Waals surface area contributed by atoms with Gasteiger partial charge in [0, 0.05) is 19.1 Å². The zero-order chi connectivity index (χ0) is 14.0. The minimum Gasteiger partial charge on any atom is -0.308 e. The molecule has 1 aromatic rings. The number of nitrogens with zero attached hydrogens (tertiary/aromatic N) is 2. The van der Waals surface area contributed by atoms with Crippen molar-refractivity contribution in [3.05, 3.63) is 16.4 Å². The number of nitrogens with one attached hydrogen (secondary N) is 1. The fraction of sp³-hybridized carbons (Fsp3) is 0.800. The van der Waals surface area contributed by atoms with Gasteiger partial charge >= 0.3 is 0 Å². The van der Waals surface area contributed by atoms with Crippen molar-refractivity contribution in [3.63, 3.8) is 0 Å². The lowest BCUT2D eigenvalue weighted by molar-refractivity contribution is 0.205. The minimum absolute atomic E-state index is 0.611. The third kappa shape index (κ3) is 3.14. The second-order valence-electron chi connectivity index (χ2n) is 5.92. The maximum absolute atomic E-state index is 6.35. The largest absolute Gasteiger partial charge is 0.308 e. The monoisotopic (exact) mass is 283 g/mol. The lowest BCUT2D eigenvalue weighted by Gasteiger charge is -2.34. The summed E-state index contributed by atoms with van der Waals surface area (Å²) in [5.74, 6) is 1.56. The van der Waals surface area contributed by atoms with Gasteiger partial charge in [-0.05, 0) is 32.1 Å². The summed E-state index contributed by atoms with van der Waals surface area (Å²) < 4.78 is 2.02. The van der Waals surface area contributed by atoms with Crippen molar-refractivity contribution >= 4 is 11.6 Å². The van der Waals surface area contributed by atoms with Gasteiger partial charge in [-0.15, -0.1) is 0 Å². The molecule has 0 radical (unpaired) electrons. The van der Waals surface area contributed by atoms with Gasteiger partial charge in [0.15, 0.2) is 0 Å². The average Bonchev–Trinajstić information content (AvgIpc) is 2.67. The number of aryl methyl sites for hydroxylation is 2. The maximum atomic E-state index is 6.35. The van der Waals surface area contributed by atoms with Gasteiger partial charge in [0.1, 0.15) is 0 Å². The molecule has 1 aliphatic rings. The molecule has 1 aliphatic carbocycles. The van der Waals surface area contributed by atoms with Crippen LogP contribution in [-0.4, -0.2) is 15.8 Å². The van der Waals surface area contributed by atoms with Gasteiger partial charge in [-0.3, -0.25) is 4.68 Å². The lowest BCUT2D eigenvalue weighted by atomic mass is 9.78. The van der Waals surface area contributed by atoms with Crippen molar-refractivity contribution in [2.24, 2.45) is 11.8 Å². The molecule has 0 aromatic carbocycles. The van der Waals surface area contributed by atoms with Gasteiger partial charge < -0.3 is 5.32 Å². The Morgan fingerprint density at radius 3 is 2.79 bits per heavy atom. The molecule has 0 spiro atoms. The van der Waals surface area contributed by atoms with Crippen molar-refractivity contribution < 1.29 is 0 Å². The van der Waals surface area contributed by atoms with Gasteiger partial charge in [0.25, 0.3) is 0 Å². The summed E-state index contributed by atoms with van der Waals surface area (Å²) in [7, 11) is 0. The van der Waals surface area contributed by atoms with E-state index in [9.17, 15) is 0 Å². The van der Waals surface area contributed by atoms with E-state index in [2.05, 4.69) is 31.2 Å². The van der Waals surface area contributed by atoms with Gasteiger partial charge in [-0.2, -0.15) is 5.10 Å². The summed E-state index contributed by atoms with van der Waals surface area (Å²) in [5, 5.41) is 9.00. The first-order chi connectivity index (χ1) is 9.04. The topological polar surface area (TPSA) is 29.9 Å². The van der Waals surface area contributed by atoms with Crippen molar-refractivity contribution in [2.45, 2.75) is 66.1 Å². The van der Waals surface area contributed by atoms with E-state index in [1.807, 2.05) is 11.6 Å². The number of rotatable bonds is 4. The van der Waals surface area contributed by atoms with Crippen LogP contribution in [-0.2, 0) is 13.1 Å². The van der Waals surface area contributed by atoms with E-state index >= 15 is 0 Å². The fourth-order valence-electron chi connectivity index (χ4n) is 3.14. The van der Waals surface area contributed by atoms with Crippen molar-refractivity contribution in [3.8, 4) is 0 Å². The van der Waals surface area contributed by atoms with Crippen molar-refractivity contribution in [2.75, 3.05) is 0 Å². The fourth-order valence-corrected chi connectivity index (χ4v) is 3.34. The second kappa shape index (κ2) is 6.27. The Balaban J connectivity index is 2.02. The van der Waals surface area contributed by atoms with E-state index in [0.29, 0.717) is 6.04 Å². The van der Waals surface area contributed by atoms with Crippen LogP contribution in [0.25, 0.3) is 0 Å². The Morgan fingerprint density at radius 2 is 2.11 bits per heavy atom. The average molecular weight is 284 g/mol. The number of halogens is 1. The van der Waals surface area contributed by atoms with E-state index < -0.39 is 0 Å². The summed E-state index contributed by atoms with van der Waals surface area (Å²) in [6, 6.07) is 0.611. The molecule has 19 heavy (non-hydrogen) atoms. The van der Waals surface area contributed by atoms with E-state index in [-0.39, 0.29) is 0 Å². The number of hydrogen-bond acceptors (Lipinski definition) is 2. The zero-order valence-corrected chi connectivity index (χ0v) is 13.3. The van der Waals surface area contributed by atoms with Crippen LogP contribution in [0.3, 0.4) is 0 Å². The molecule has 1 saturated carbocycles. The van der Waals surface area contributed by atoms with Crippen molar-refractivity contribution in [1.29, 1.82) is 0 Å². The molecule has 0 saturated heterocycles. The number of hydrogen-bond donors (Lipinski definition) is 1. The van der Waals surface area contributed by atoms with E-state index in [1.54, 1.807) is 0 Å². The van der Waals surface area contributed by atoms with Crippen LogP contribution in [0.1, 0.15) is 51.4 Å². The Kier molecular flexibility index (Phi) is 4.91. The van der Waals surface area contributed by atoms with Crippen LogP contribution >= 0.6 is 11.6 Å². The molecule has 108 valence electrons. The van der Waals surface area contributed by atoms with Crippen molar-refractivity contribution in [1.82, 2.24) is 15.1 Å². The molecular weight excluding hydrogens is 258 g/mol. The molecule has 3 nitrogen and oxygen atoms in total. The molecule has 1 heterocycles. The lowest BCUT2D eigenvalue weighted by Crippen LogP contribution is -2.40. The highest BCUT2D eigenvalue weighted by atomic mass is 35.5. The molecular formula is C15H26ClN3. The second-order valence-corrected chi connectivity index (χ2v) is 6.29. The Morgan fingerprint density at radius 1 is 1.37 bits per heavy atom. The van der Waals surface area contributed by atoms with E-state index in [0.717, 1.165) is 41.3 Å². The zero-order valence-electron chi connectivity index (χ0n) is 12.5. The third-order valence-electron chi connectivity index (χ3n) is 4.69. The Labute approximate surface area is 121 Å². The Bertz CT molecular complexity index is 427. The SMILES string of the molecule is CCn1nc(C)c(Cl)c1CNC1CCCC(C)C1C. The van der Waals surface area contributed by atoms with Gasteiger partial charge in [0.05, 0.1) is 16.4 Å². The van der Waals surface area contributed by atoms with Gasteiger partial charge in [-0.1, -0.05) is 38.3 Å². The third-order valence-corrected chi connectivity index (χ3v) is 5.18. The van der Waals surface area contributed by atoms with E-state index in [4.69, 9.17) is 11.6 Å².